The Kier molecular flexibility index (Phi) is 9.17. The average molecular weight is 511 g/mol. The normalized spacial score (nSPS) is 14.2. The zero-order valence-corrected chi connectivity index (χ0v) is 18.8. The Labute approximate surface area is 188 Å². The first-order valence-corrected chi connectivity index (χ1v) is 9.47. The summed E-state index contributed by atoms with van der Waals surface area (Å²) in [5.74, 6) is 0.532. The van der Waals surface area contributed by atoms with Gasteiger partial charge in [0.05, 0.1) is 0 Å². The van der Waals surface area contributed by atoms with E-state index in [9.17, 15) is 9.18 Å². The smallest absolute Gasteiger partial charge is 0.251 e. The number of carbonyl (C=O) groups excluding carboxylic acids is 1. The Morgan fingerprint density at radius 3 is 2.21 bits per heavy atom. The first-order chi connectivity index (χ1) is 13.7. The quantitative estimate of drug-likeness (QED) is 0.281. The molecule has 1 aliphatic heterocycles. The van der Waals surface area contributed by atoms with E-state index in [1.807, 2.05) is 30.3 Å². The minimum Gasteiger partial charge on any atom is -0.368 e. The highest BCUT2D eigenvalue weighted by molar-refractivity contribution is 14.0. The van der Waals surface area contributed by atoms with Crippen molar-refractivity contribution in [2.75, 3.05) is 51.2 Å². The van der Waals surface area contributed by atoms with E-state index in [2.05, 4.69) is 25.4 Å². The van der Waals surface area contributed by atoms with Crippen LogP contribution in [0.25, 0.3) is 0 Å². The third-order valence-corrected chi connectivity index (χ3v) is 4.71. The highest BCUT2D eigenvalue weighted by atomic mass is 127. The molecular weight excluding hydrogens is 484 g/mol. The van der Waals surface area contributed by atoms with Crippen LogP contribution in [0.2, 0.25) is 0 Å². The molecule has 1 heterocycles. The lowest BCUT2D eigenvalue weighted by atomic mass is 10.2. The average Bonchev–Trinajstić information content (AvgIpc) is 2.75. The number of piperazine rings is 1. The lowest BCUT2D eigenvalue weighted by molar-refractivity contribution is 0.0954. The van der Waals surface area contributed by atoms with Crippen LogP contribution in [0.15, 0.2) is 59.6 Å². The van der Waals surface area contributed by atoms with Crippen LogP contribution in [0.4, 0.5) is 10.1 Å². The molecule has 0 unspecified atom stereocenters. The molecule has 29 heavy (non-hydrogen) atoms. The van der Waals surface area contributed by atoms with Crippen LogP contribution in [0.5, 0.6) is 0 Å². The van der Waals surface area contributed by atoms with Crippen LogP contribution in [0.1, 0.15) is 10.4 Å². The molecule has 2 N–H and O–H groups in total. The van der Waals surface area contributed by atoms with E-state index in [1.165, 1.54) is 12.1 Å². The molecule has 0 spiro atoms. The van der Waals surface area contributed by atoms with Crippen molar-refractivity contribution < 1.29 is 9.18 Å². The highest BCUT2D eigenvalue weighted by Gasteiger charge is 2.19. The fourth-order valence-corrected chi connectivity index (χ4v) is 3.20. The van der Waals surface area contributed by atoms with E-state index < -0.39 is 0 Å². The largest absolute Gasteiger partial charge is 0.368 e. The van der Waals surface area contributed by atoms with Crippen LogP contribution in [-0.2, 0) is 0 Å². The van der Waals surface area contributed by atoms with Gasteiger partial charge in [-0.1, -0.05) is 18.2 Å². The number of nitrogens with zero attached hydrogens (tertiary/aromatic N) is 3. The van der Waals surface area contributed by atoms with Crippen molar-refractivity contribution in [2.45, 2.75) is 0 Å². The van der Waals surface area contributed by atoms with Crippen molar-refractivity contribution in [3.05, 3.63) is 66.0 Å². The summed E-state index contributed by atoms with van der Waals surface area (Å²) in [6, 6.07) is 15.8. The van der Waals surface area contributed by atoms with E-state index in [1.54, 1.807) is 19.2 Å². The number of amides is 1. The molecule has 6 nitrogen and oxygen atoms in total. The van der Waals surface area contributed by atoms with Crippen LogP contribution in [0, 0.1) is 5.82 Å². The lowest BCUT2D eigenvalue weighted by Crippen LogP contribution is -2.53. The minimum atomic E-state index is -0.216. The second-order valence-corrected chi connectivity index (χ2v) is 6.55. The van der Waals surface area contributed by atoms with Crippen LogP contribution < -0.4 is 15.5 Å². The Morgan fingerprint density at radius 1 is 0.966 bits per heavy atom. The number of aliphatic imine (C=N–C) groups is 1. The van der Waals surface area contributed by atoms with Crippen molar-refractivity contribution in [1.29, 1.82) is 0 Å². The zero-order valence-electron chi connectivity index (χ0n) is 16.5. The summed E-state index contributed by atoms with van der Waals surface area (Å²) in [5.41, 5.74) is 1.69. The predicted molar refractivity (Wildman–Crippen MR) is 126 cm³/mol. The van der Waals surface area contributed by atoms with Crippen LogP contribution >= 0.6 is 24.0 Å². The number of benzene rings is 2. The molecule has 0 saturated carbocycles. The molecule has 8 heteroatoms. The van der Waals surface area contributed by atoms with Crippen molar-refractivity contribution in [1.82, 2.24) is 15.5 Å². The van der Waals surface area contributed by atoms with Gasteiger partial charge in [-0.05, 0) is 36.4 Å². The summed E-state index contributed by atoms with van der Waals surface area (Å²) in [4.78, 5) is 20.8. The summed E-state index contributed by atoms with van der Waals surface area (Å²) >= 11 is 0. The Morgan fingerprint density at radius 2 is 1.59 bits per heavy atom. The number of carbonyl (C=O) groups is 1. The van der Waals surface area contributed by atoms with Crippen LogP contribution in [-0.4, -0.2) is 63.1 Å². The van der Waals surface area contributed by atoms with Gasteiger partial charge >= 0.3 is 0 Å². The molecule has 1 amide bonds. The highest BCUT2D eigenvalue weighted by Crippen LogP contribution is 2.16. The predicted octanol–water partition coefficient (Wildman–Crippen LogP) is 2.57. The summed E-state index contributed by atoms with van der Waals surface area (Å²) in [5, 5.41) is 6.20. The van der Waals surface area contributed by atoms with Crippen molar-refractivity contribution in [2.24, 2.45) is 4.99 Å². The first-order valence-electron chi connectivity index (χ1n) is 9.47. The molecule has 2 aromatic rings. The molecule has 2 aromatic carbocycles. The third-order valence-electron chi connectivity index (χ3n) is 4.71. The standard InChI is InChI=1S/C21H26FN5O.HI/c1-23-21(25-12-11-24-20(28)17-5-3-2-4-6-17)27-15-13-26(14-16-27)19-9-7-18(22)8-10-19;/h2-10H,11-16H2,1H3,(H,23,25)(H,24,28);1H. The molecule has 0 radical (unpaired) electrons. The Bertz CT molecular complexity index is 792. The third kappa shape index (κ3) is 6.59. The molecule has 0 aliphatic carbocycles. The van der Waals surface area contributed by atoms with Gasteiger partial charge < -0.3 is 20.4 Å². The second-order valence-electron chi connectivity index (χ2n) is 6.55. The Hall–Kier alpha value is -2.36. The van der Waals surface area contributed by atoms with Crippen molar-refractivity contribution >= 4 is 41.5 Å². The molecule has 3 rings (SSSR count). The number of hydrogen-bond acceptors (Lipinski definition) is 3. The van der Waals surface area contributed by atoms with E-state index in [-0.39, 0.29) is 35.7 Å². The van der Waals surface area contributed by atoms with Gasteiger partial charge in [0.1, 0.15) is 5.82 Å². The van der Waals surface area contributed by atoms with Gasteiger partial charge in [0.25, 0.3) is 5.91 Å². The summed E-state index contributed by atoms with van der Waals surface area (Å²) < 4.78 is 13.1. The maximum atomic E-state index is 13.1. The number of hydrogen-bond donors (Lipinski definition) is 2. The summed E-state index contributed by atoms with van der Waals surface area (Å²) in [6.45, 7) is 4.46. The van der Waals surface area contributed by atoms with Gasteiger partial charge in [-0.25, -0.2) is 4.39 Å². The molecule has 1 saturated heterocycles. The number of halogens is 2. The van der Waals surface area contributed by atoms with Gasteiger partial charge in [0.2, 0.25) is 0 Å². The van der Waals surface area contributed by atoms with E-state index in [4.69, 9.17) is 0 Å². The first kappa shape index (κ1) is 22.9. The monoisotopic (exact) mass is 511 g/mol. The number of nitrogens with one attached hydrogen (secondary N) is 2. The van der Waals surface area contributed by atoms with Crippen molar-refractivity contribution in [3.63, 3.8) is 0 Å². The summed E-state index contributed by atoms with van der Waals surface area (Å²) in [7, 11) is 1.76. The second kappa shape index (κ2) is 11.6. The number of rotatable bonds is 5. The van der Waals surface area contributed by atoms with E-state index in [0.29, 0.717) is 18.7 Å². The molecule has 0 atom stereocenters. The minimum absolute atomic E-state index is 0. The Balaban J connectivity index is 0.00000300. The number of anilines is 1. The lowest BCUT2D eigenvalue weighted by Gasteiger charge is -2.37. The molecule has 1 fully saturated rings. The maximum absolute atomic E-state index is 13.1. The molecule has 1 aliphatic rings. The molecular formula is C21H27FIN5O. The summed E-state index contributed by atoms with van der Waals surface area (Å²) in [6.07, 6.45) is 0. The van der Waals surface area contributed by atoms with Gasteiger partial charge in [0, 0.05) is 57.6 Å². The zero-order chi connectivity index (χ0) is 19.8. The fraction of sp³-hybridized carbons (Fsp3) is 0.333. The molecule has 0 aromatic heterocycles. The van der Waals surface area contributed by atoms with Gasteiger partial charge in [0.15, 0.2) is 5.96 Å². The molecule has 0 bridgehead atoms. The van der Waals surface area contributed by atoms with Gasteiger partial charge in [-0.3, -0.25) is 9.79 Å². The SMILES string of the molecule is CN=C(NCCNC(=O)c1ccccc1)N1CCN(c2ccc(F)cc2)CC1.I. The van der Waals surface area contributed by atoms with E-state index >= 15 is 0 Å². The number of guanidine groups is 1. The van der Waals surface area contributed by atoms with E-state index in [0.717, 1.165) is 37.8 Å². The fourth-order valence-electron chi connectivity index (χ4n) is 3.20. The van der Waals surface area contributed by atoms with Gasteiger partial charge in [-0.15, -0.1) is 24.0 Å². The van der Waals surface area contributed by atoms with Crippen LogP contribution in [0.3, 0.4) is 0 Å². The maximum Gasteiger partial charge on any atom is 0.251 e. The van der Waals surface area contributed by atoms with Gasteiger partial charge in [-0.2, -0.15) is 0 Å². The van der Waals surface area contributed by atoms with Crippen molar-refractivity contribution in [3.8, 4) is 0 Å². The topological polar surface area (TPSA) is 60.0 Å². The molecule has 156 valence electrons.